The van der Waals surface area contributed by atoms with Gasteiger partial charge in [-0.3, -0.25) is 4.79 Å². The van der Waals surface area contributed by atoms with Gasteiger partial charge in [0.15, 0.2) is 0 Å². The Morgan fingerprint density at radius 1 is 1.20 bits per heavy atom. The minimum Gasteiger partial charge on any atom is -0.462 e. The maximum atomic E-state index is 12.6. The van der Waals surface area contributed by atoms with Crippen molar-refractivity contribution < 1.29 is 27.5 Å². The fourth-order valence-corrected chi connectivity index (χ4v) is 2.93. The van der Waals surface area contributed by atoms with E-state index in [0.717, 1.165) is 0 Å². The summed E-state index contributed by atoms with van der Waals surface area (Å²) in [7, 11) is -1.31. The quantitative estimate of drug-likeness (QED) is 0.488. The smallest absolute Gasteiger partial charge is 0.455 e. The maximum absolute atomic E-state index is 12.6. The van der Waals surface area contributed by atoms with Crippen LogP contribution in [0.15, 0.2) is 35.2 Å². The molecule has 0 saturated heterocycles. The lowest BCUT2D eigenvalue weighted by Gasteiger charge is -2.13. The number of hydrogen-bond donors (Lipinski definition) is 0. The SMILES string of the molecule is CCOC(=O)/C(C(=O)C(F)(F)F)=S(/C)c1ccccc1. The standard InChI is InChI=1S/C13H13F3O3S/c1-3-19-12(18)10(11(17)13(14,15)16)20(2)9-7-5-4-6-8-9/h4-8H,3H2,1-2H3. The number of ether oxygens (including phenoxy) is 1. The molecule has 20 heavy (non-hydrogen) atoms. The summed E-state index contributed by atoms with van der Waals surface area (Å²) in [6, 6.07) is 8.06. The monoisotopic (exact) mass is 306 g/mol. The van der Waals surface area contributed by atoms with Gasteiger partial charge >= 0.3 is 12.1 Å². The second kappa shape index (κ2) is 6.69. The largest absolute Gasteiger partial charge is 0.462 e. The normalized spacial score (nSPS) is 13.6. The molecule has 1 aromatic carbocycles. The molecule has 0 aliphatic carbocycles. The number of ketones is 1. The number of carbonyl (C=O) groups excluding carboxylic acids is 2. The maximum Gasteiger partial charge on any atom is 0.455 e. The van der Waals surface area contributed by atoms with Crippen LogP contribution in [-0.4, -0.2) is 35.7 Å². The molecule has 0 aromatic heterocycles. The van der Waals surface area contributed by atoms with Crippen LogP contribution in [0.3, 0.4) is 0 Å². The Balaban J connectivity index is 3.37. The summed E-state index contributed by atoms with van der Waals surface area (Å²) in [4.78, 5) is 22.7. The van der Waals surface area contributed by atoms with Crippen LogP contribution in [0, 0.1) is 0 Å². The van der Waals surface area contributed by atoms with Crippen LogP contribution in [0.1, 0.15) is 6.92 Å². The summed E-state index contributed by atoms with van der Waals surface area (Å²) < 4.78 is 42.4. The Kier molecular flexibility index (Phi) is 5.50. The van der Waals surface area contributed by atoms with E-state index >= 15 is 0 Å². The highest BCUT2D eigenvalue weighted by Crippen LogP contribution is 2.28. The van der Waals surface area contributed by atoms with E-state index in [9.17, 15) is 22.8 Å². The molecule has 0 aliphatic rings. The van der Waals surface area contributed by atoms with Crippen molar-refractivity contribution in [3.8, 4) is 0 Å². The topological polar surface area (TPSA) is 43.4 Å². The minimum atomic E-state index is -5.10. The molecule has 0 heterocycles. The molecular formula is C13H13F3O3S. The zero-order valence-corrected chi connectivity index (χ0v) is 11.7. The molecule has 0 N–H and O–H groups in total. The zero-order valence-electron chi connectivity index (χ0n) is 10.9. The van der Waals surface area contributed by atoms with E-state index in [-0.39, 0.29) is 6.61 Å². The van der Waals surface area contributed by atoms with Crippen molar-refractivity contribution in [2.24, 2.45) is 0 Å². The van der Waals surface area contributed by atoms with Crippen LogP contribution in [0.4, 0.5) is 13.2 Å². The molecule has 0 radical (unpaired) electrons. The molecular weight excluding hydrogens is 293 g/mol. The first kappa shape index (κ1) is 16.4. The highest BCUT2D eigenvalue weighted by atomic mass is 32.2. The van der Waals surface area contributed by atoms with Gasteiger partial charge in [0, 0.05) is 4.90 Å². The number of halogens is 3. The van der Waals surface area contributed by atoms with Crippen molar-refractivity contribution in [1.29, 1.82) is 0 Å². The van der Waals surface area contributed by atoms with Crippen LogP contribution >= 0.6 is 10.5 Å². The van der Waals surface area contributed by atoms with Crippen molar-refractivity contribution in [2.75, 3.05) is 12.9 Å². The summed E-state index contributed by atoms with van der Waals surface area (Å²) in [6.07, 6.45) is -3.70. The first-order valence-electron chi connectivity index (χ1n) is 5.65. The van der Waals surface area contributed by atoms with Crippen molar-refractivity contribution in [3.63, 3.8) is 0 Å². The Labute approximate surface area is 116 Å². The van der Waals surface area contributed by atoms with Gasteiger partial charge in [0.05, 0.1) is 6.61 Å². The van der Waals surface area contributed by atoms with Gasteiger partial charge in [0.1, 0.15) is 4.86 Å². The summed E-state index contributed by atoms with van der Waals surface area (Å²) in [6.45, 7) is 1.36. The number of rotatable bonds is 4. The molecule has 0 spiro atoms. The molecule has 0 fully saturated rings. The van der Waals surface area contributed by atoms with E-state index in [1.165, 1.54) is 13.2 Å². The van der Waals surface area contributed by atoms with Crippen LogP contribution < -0.4 is 0 Å². The van der Waals surface area contributed by atoms with Crippen LogP contribution in [-0.2, 0) is 14.3 Å². The molecule has 1 atom stereocenters. The van der Waals surface area contributed by atoms with Crippen molar-refractivity contribution >= 4 is 27.1 Å². The second-order valence-electron chi connectivity index (χ2n) is 3.70. The van der Waals surface area contributed by atoms with E-state index < -0.39 is 33.3 Å². The predicted molar refractivity (Wildman–Crippen MR) is 70.9 cm³/mol. The Morgan fingerprint density at radius 2 is 1.75 bits per heavy atom. The summed E-state index contributed by atoms with van der Waals surface area (Å²) in [5.74, 6) is -3.37. The third-order valence-electron chi connectivity index (χ3n) is 2.33. The average molecular weight is 306 g/mol. The number of esters is 1. The Bertz CT molecular complexity index is 536. The zero-order chi connectivity index (χ0) is 15.3. The minimum absolute atomic E-state index is 0.0978. The van der Waals surface area contributed by atoms with Crippen molar-refractivity contribution in [2.45, 2.75) is 18.0 Å². The average Bonchev–Trinajstić information content (AvgIpc) is 2.39. The number of hydrogen-bond acceptors (Lipinski definition) is 3. The third-order valence-corrected chi connectivity index (χ3v) is 4.27. The number of benzene rings is 1. The van der Waals surface area contributed by atoms with Gasteiger partial charge in [-0.1, -0.05) is 18.2 Å². The molecule has 1 aromatic rings. The third kappa shape index (κ3) is 3.93. The molecule has 0 saturated carbocycles. The number of Topliss-reactive ketones (excluding diaryl/α,β-unsaturated/α-hetero) is 1. The van der Waals surface area contributed by atoms with Crippen LogP contribution in [0.2, 0.25) is 0 Å². The molecule has 0 amide bonds. The molecule has 0 bridgehead atoms. The number of alkyl halides is 3. The van der Waals surface area contributed by atoms with E-state index in [1.807, 2.05) is 0 Å². The summed E-state index contributed by atoms with van der Waals surface area (Å²) in [5, 5.41) is 0. The molecule has 7 heteroatoms. The van der Waals surface area contributed by atoms with Crippen molar-refractivity contribution in [3.05, 3.63) is 30.3 Å². The van der Waals surface area contributed by atoms with Gasteiger partial charge in [-0.2, -0.15) is 13.2 Å². The fraction of sp³-hybridized carbons (Fsp3) is 0.308. The van der Waals surface area contributed by atoms with Crippen LogP contribution in [0.5, 0.6) is 0 Å². The second-order valence-corrected chi connectivity index (χ2v) is 5.60. The highest BCUT2D eigenvalue weighted by Gasteiger charge is 2.44. The highest BCUT2D eigenvalue weighted by molar-refractivity contribution is 8.17. The van der Waals surface area contributed by atoms with Gasteiger partial charge in [0.2, 0.25) is 0 Å². The molecule has 110 valence electrons. The lowest BCUT2D eigenvalue weighted by atomic mass is 10.3. The van der Waals surface area contributed by atoms with Gasteiger partial charge < -0.3 is 4.74 Å². The lowest BCUT2D eigenvalue weighted by molar-refractivity contribution is -0.164. The van der Waals surface area contributed by atoms with E-state index in [4.69, 9.17) is 0 Å². The van der Waals surface area contributed by atoms with Gasteiger partial charge in [0.25, 0.3) is 5.78 Å². The first-order valence-corrected chi connectivity index (χ1v) is 7.29. The fourth-order valence-electron chi connectivity index (χ4n) is 1.42. The Morgan fingerprint density at radius 3 is 2.20 bits per heavy atom. The summed E-state index contributed by atoms with van der Waals surface area (Å²) in [5.41, 5.74) is 0. The van der Waals surface area contributed by atoms with Crippen LogP contribution in [0.25, 0.3) is 0 Å². The van der Waals surface area contributed by atoms with Gasteiger partial charge in [-0.05, 0) is 25.3 Å². The number of carbonyl (C=O) groups is 2. The lowest BCUT2D eigenvalue weighted by Crippen LogP contribution is -2.36. The van der Waals surface area contributed by atoms with Gasteiger partial charge in [-0.25, -0.2) is 4.79 Å². The van der Waals surface area contributed by atoms with E-state index in [2.05, 4.69) is 4.74 Å². The Hall–Kier alpha value is -1.63. The van der Waals surface area contributed by atoms with Crippen molar-refractivity contribution in [1.82, 2.24) is 0 Å². The summed E-state index contributed by atoms with van der Waals surface area (Å²) >= 11 is 0. The van der Waals surface area contributed by atoms with E-state index in [1.54, 1.807) is 30.3 Å². The van der Waals surface area contributed by atoms with E-state index in [0.29, 0.717) is 4.90 Å². The first-order chi connectivity index (χ1) is 9.29. The predicted octanol–water partition coefficient (Wildman–Crippen LogP) is 2.81. The molecule has 0 aliphatic heterocycles. The molecule has 1 rings (SSSR count). The van der Waals surface area contributed by atoms with Gasteiger partial charge in [-0.15, -0.1) is 10.5 Å². The molecule has 3 nitrogen and oxygen atoms in total. The molecule has 1 unspecified atom stereocenters.